The number of aliphatic hydroxyl groups excluding tert-OH is 1. The van der Waals surface area contributed by atoms with Crippen molar-refractivity contribution in [3.8, 4) is 0 Å². The molecule has 1 saturated heterocycles. The number of nitrogens with zero attached hydrogens (tertiary/aromatic N) is 3. The highest BCUT2D eigenvalue weighted by atomic mass is 16.3. The Balaban J connectivity index is 2.18. The predicted octanol–water partition coefficient (Wildman–Crippen LogP) is 0.105. The Bertz CT molecular complexity index is 502. The van der Waals surface area contributed by atoms with Gasteiger partial charge in [-0.2, -0.15) is 0 Å². The van der Waals surface area contributed by atoms with Gasteiger partial charge in [-0.05, 0) is 25.5 Å². The molecule has 0 radical (unpaired) electrons. The zero-order chi connectivity index (χ0) is 14.9. The van der Waals surface area contributed by atoms with Gasteiger partial charge in [-0.3, -0.25) is 4.79 Å². The lowest BCUT2D eigenvalue weighted by molar-refractivity contribution is -0.0722. The van der Waals surface area contributed by atoms with E-state index in [-0.39, 0.29) is 5.91 Å². The summed E-state index contributed by atoms with van der Waals surface area (Å²) < 4.78 is 0. The third-order valence-corrected chi connectivity index (χ3v) is 3.68. The van der Waals surface area contributed by atoms with E-state index in [1.165, 1.54) is 4.90 Å². The van der Waals surface area contributed by atoms with Crippen molar-refractivity contribution in [2.24, 2.45) is 0 Å². The van der Waals surface area contributed by atoms with E-state index in [2.05, 4.69) is 4.98 Å². The fourth-order valence-corrected chi connectivity index (χ4v) is 2.18. The number of β-amino-alcohol motifs (C(OH)–C–C–N with tert-alkyl or cyclic N) is 1. The first-order valence-corrected chi connectivity index (χ1v) is 6.65. The highest BCUT2D eigenvalue weighted by Gasteiger charge is 2.36. The molecule has 6 heteroatoms. The van der Waals surface area contributed by atoms with E-state index >= 15 is 0 Å². The maximum absolute atomic E-state index is 11.9. The second-order valence-corrected chi connectivity index (χ2v) is 5.65. The van der Waals surface area contributed by atoms with E-state index in [1.807, 2.05) is 4.90 Å². The lowest BCUT2D eigenvalue weighted by Gasteiger charge is -2.40. The molecule has 2 heterocycles. The molecule has 1 aliphatic rings. The van der Waals surface area contributed by atoms with Crippen molar-refractivity contribution in [2.75, 3.05) is 32.1 Å². The first-order valence-electron chi connectivity index (χ1n) is 6.65. The molecule has 0 bridgehead atoms. The Morgan fingerprint density at radius 1 is 1.50 bits per heavy atom. The quantitative estimate of drug-likeness (QED) is 0.803. The van der Waals surface area contributed by atoms with Crippen LogP contribution < -0.4 is 4.90 Å². The number of carbonyl (C=O) groups is 1. The van der Waals surface area contributed by atoms with Crippen LogP contribution >= 0.6 is 0 Å². The molecule has 2 N–H and O–H groups in total. The molecular formula is C14H21N3O3. The summed E-state index contributed by atoms with van der Waals surface area (Å²) in [6.07, 6.45) is -0.368. The molecule has 0 aromatic carbocycles. The first kappa shape index (κ1) is 14.7. The van der Waals surface area contributed by atoms with Gasteiger partial charge in [0.1, 0.15) is 11.5 Å². The largest absolute Gasteiger partial charge is 0.388 e. The van der Waals surface area contributed by atoms with Gasteiger partial charge in [0.15, 0.2) is 0 Å². The second kappa shape index (κ2) is 5.38. The highest BCUT2D eigenvalue weighted by Crippen LogP contribution is 2.25. The smallest absolute Gasteiger partial charge is 0.272 e. The first-order chi connectivity index (χ1) is 9.31. The fourth-order valence-electron chi connectivity index (χ4n) is 2.18. The van der Waals surface area contributed by atoms with Crippen LogP contribution in [0.2, 0.25) is 0 Å². The van der Waals surface area contributed by atoms with Crippen molar-refractivity contribution in [2.45, 2.75) is 25.0 Å². The second-order valence-electron chi connectivity index (χ2n) is 5.65. The van der Waals surface area contributed by atoms with Gasteiger partial charge in [0, 0.05) is 27.2 Å². The minimum absolute atomic E-state index is 0.156. The summed E-state index contributed by atoms with van der Waals surface area (Å²) >= 11 is 0. The van der Waals surface area contributed by atoms with Crippen LogP contribution in [0.15, 0.2) is 18.2 Å². The van der Waals surface area contributed by atoms with E-state index in [1.54, 1.807) is 39.2 Å². The van der Waals surface area contributed by atoms with Gasteiger partial charge in [0.05, 0.1) is 11.7 Å². The number of hydrogen-bond donors (Lipinski definition) is 2. The summed E-state index contributed by atoms with van der Waals surface area (Å²) in [7, 11) is 3.36. The number of anilines is 1. The van der Waals surface area contributed by atoms with E-state index < -0.39 is 11.7 Å². The van der Waals surface area contributed by atoms with Gasteiger partial charge in [-0.15, -0.1) is 0 Å². The van der Waals surface area contributed by atoms with Gasteiger partial charge in [-0.25, -0.2) is 4.98 Å². The third kappa shape index (κ3) is 2.91. The van der Waals surface area contributed by atoms with Crippen molar-refractivity contribution in [1.29, 1.82) is 0 Å². The van der Waals surface area contributed by atoms with Crippen molar-refractivity contribution >= 4 is 11.7 Å². The lowest BCUT2D eigenvalue weighted by atomic mass is 9.91. The molecule has 1 fully saturated rings. The van der Waals surface area contributed by atoms with Gasteiger partial charge in [-0.1, -0.05) is 6.07 Å². The molecule has 0 spiro atoms. The van der Waals surface area contributed by atoms with Crippen molar-refractivity contribution in [1.82, 2.24) is 9.88 Å². The Morgan fingerprint density at radius 2 is 2.20 bits per heavy atom. The monoisotopic (exact) mass is 279 g/mol. The van der Waals surface area contributed by atoms with Gasteiger partial charge < -0.3 is 20.0 Å². The Labute approximate surface area is 118 Å². The molecule has 1 aliphatic heterocycles. The average molecular weight is 279 g/mol. The molecule has 0 saturated carbocycles. The summed E-state index contributed by atoms with van der Waals surface area (Å²) in [6, 6.07) is 5.25. The molecule has 20 heavy (non-hydrogen) atoms. The minimum atomic E-state index is -1.06. The minimum Gasteiger partial charge on any atom is -0.388 e. The van der Waals surface area contributed by atoms with Crippen molar-refractivity contribution in [3.05, 3.63) is 23.9 Å². The molecule has 1 aromatic rings. The summed E-state index contributed by atoms with van der Waals surface area (Å²) in [5.74, 6) is 0.489. The average Bonchev–Trinajstić information content (AvgIpc) is 2.41. The summed E-state index contributed by atoms with van der Waals surface area (Å²) in [6.45, 7) is 2.53. The van der Waals surface area contributed by atoms with Crippen LogP contribution in [0, 0.1) is 0 Å². The van der Waals surface area contributed by atoms with E-state index in [0.29, 0.717) is 31.0 Å². The number of hydrogen-bond acceptors (Lipinski definition) is 5. The summed E-state index contributed by atoms with van der Waals surface area (Å²) in [5, 5.41) is 19.9. The number of aliphatic hydroxyl groups is 2. The zero-order valence-electron chi connectivity index (χ0n) is 12.1. The number of piperidine rings is 1. The Hall–Kier alpha value is -1.66. The topological polar surface area (TPSA) is 76.9 Å². The van der Waals surface area contributed by atoms with Crippen LogP contribution in [0.3, 0.4) is 0 Å². The van der Waals surface area contributed by atoms with Crippen LogP contribution in [0.4, 0.5) is 5.82 Å². The number of carbonyl (C=O) groups excluding carboxylic acids is 1. The zero-order valence-corrected chi connectivity index (χ0v) is 12.1. The van der Waals surface area contributed by atoms with Crippen molar-refractivity contribution in [3.63, 3.8) is 0 Å². The maximum Gasteiger partial charge on any atom is 0.272 e. The lowest BCUT2D eigenvalue weighted by Crippen LogP contribution is -2.54. The molecular weight excluding hydrogens is 258 g/mol. The number of amides is 1. The van der Waals surface area contributed by atoms with Gasteiger partial charge >= 0.3 is 0 Å². The molecule has 110 valence electrons. The standard InChI is InChI=1S/C14H21N3O3/c1-14(20)7-8-17(9-11(14)18)12-6-4-5-10(15-12)13(19)16(2)3/h4-6,11,18,20H,7-9H2,1-3H3/t11-,14-/m1/s1. The molecule has 0 unspecified atom stereocenters. The van der Waals surface area contributed by atoms with Crippen LogP contribution in [0.1, 0.15) is 23.8 Å². The number of pyridine rings is 1. The number of rotatable bonds is 2. The van der Waals surface area contributed by atoms with Crippen LogP contribution in [-0.2, 0) is 0 Å². The van der Waals surface area contributed by atoms with Crippen molar-refractivity contribution < 1.29 is 15.0 Å². The predicted molar refractivity (Wildman–Crippen MR) is 75.7 cm³/mol. The fraction of sp³-hybridized carbons (Fsp3) is 0.571. The third-order valence-electron chi connectivity index (χ3n) is 3.68. The Morgan fingerprint density at radius 3 is 2.80 bits per heavy atom. The van der Waals surface area contributed by atoms with E-state index in [4.69, 9.17) is 0 Å². The van der Waals surface area contributed by atoms with Crippen LogP contribution in [0.25, 0.3) is 0 Å². The molecule has 1 aromatic heterocycles. The Kier molecular flexibility index (Phi) is 3.96. The maximum atomic E-state index is 11.9. The van der Waals surface area contributed by atoms with Crippen LogP contribution in [0.5, 0.6) is 0 Å². The molecule has 0 aliphatic carbocycles. The van der Waals surface area contributed by atoms with Gasteiger partial charge in [0.2, 0.25) is 0 Å². The molecule has 1 amide bonds. The summed E-state index contributed by atoms with van der Waals surface area (Å²) in [4.78, 5) is 19.6. The molecule has 2 atom stereocenters. The molecule has 2 rings (SSSR count). The van der Waals surface area contributed by atoms with E-state index in [9.17, 15) is 15.0 Å². The van der Waals surface area contributed by atoms with Gasteiger partial charge in [0.25, 0.3) is 5.91 Å². The van der Waals surface area contributed by atoms with E-state index in [0.717, 1.165) is 0 Å². The normalized spacial score (nSPS) is 26.4. The summed E-state index contributed by atoms with van der Waals surface area (Å²) in [5.41, 5.74) is -0.688. The molecule has 6 nitrogen and oxygen atoms in total. The van der Waals surface area contributed by atoms with Crippen LogP contribution in [-0.4, -0.2) is 64.9 Å². The highest BCUT2D eigenvalue weighted by molar-refractivity contribution is 5.92. The SMILES string of the molecule is CN(C)C(=O)c1cccc(N2CC[C@@](C)(O)[C@H](O)C2)n1. The number of aromatic nitrogens is 1.